The number of nitrogens with zero attached hydrogens (tertiary/aromatic N) is 3. The number of benzene rings is 1. The van der Waals surface area contributed by atoms with Gasteiger partial charge >= 0.3 is 6.16 Å². The van der Waals surface area contributed by atoms with Crippen LogP contribution in [0.25, 0.3) is 26.6 Å². The Bertz CT molecular complexity index is 1570. The lowest BCUT2D eigenvalue weighted by Gasteiger charge is -2.28. The van der Waals surface area contributed by atoms with Gasteiger partial charge < -0.3 is 20.1 Å². The van der Waals surface area contributed by atoms with Gasteiger partial charge in [0.15, 0.2) is 0 Å². The second-order valence-electron chi connectivity index (χ2n) is 8.65. The van der Waals surface area contributed by atoms with E-state index in [2.05, 4.69) is 27.4 Å². The maximum absolute atomic E-state index is 15.8. The normalized spacial score (nSPS) is 23.4. The van der Waals surface area contributed by atoms with E-state index < -0.39 is 17.4 Å². The number of allylic oxidation sites excluding steroid dienone is 1. The Balaban J connectivity index is 1.65. The molecule has 0 radical (unpaired) electrons. The molecule has 3 unspecified atom stereocenters. The molecular weight excluding hydrogens is 447 g/mol. The van der Waals surface area contributed by atoms with Crippen molar-refractivity contribution in [3.05, 3.63) is 45.0 Å². The number of carboxylic acid groups (broad SMARTS) is 1. The van der Waals surface area contributed by atoms with E-state index in [1.54, 1.807) is 16.8 Å². The number of rotatable bonds is 3. The number of anilines is 1. The molecule has 1 aromatic carbocycles. The predicted molar refractivity (Wildman–Crippen MR) is 125 cm³/mol. The summed E-state index contributed by atoms with van der Waals surface area (Å²) in [6, 6.07) is 1.45. The minimum absolute atomic E-state index is 0.0877. The zero-order valence-electron chi connectivity index (χ0n) is 18.0. The van der Waals surface area contributed by atoms with Gasteiger partial charge in [0, 0.05) is 37.5 Å². The van der Waals surface area contributed by atoms with Crippen molar-refractivity contribution in [1.82, 2.24) is 9.72 Å². The molecule has 0 spiro atoms. The zero-order chi connectivity index (χ0) is 23.0. The second kappa shape index (κ2) is 7.13. The first kappa shape index (κ1) is 20.4. The van der Waals surface area contributed by atoms with Gasteiger partial charge in [-0.3, -0.25) is 14.2 Å². The lowest BCUT2D eigenvalue weighted by atomic mass is 9.82. The topological polar surface area (TPSA) is 95.6 Å². The second-order valence-corrected chi connectivity index (χ2v) is 9.50. The van der Waals surface area contributed by atoms with Crippen molar-refractivity contribution in [3.63, 3.8) is 0 Å². The summed E-state index contributed by atoms with van der Waals surface area (Å²) in [4.78, 5) is 31.3. The fraction of sp³-hybridized carbons (Fsp3) is 0.348. The van der Waals surface area contributed by atoms with Gasteiger partial charge in [-0.25, -0.2) is 9.18 Å². The third-order valence-corrected chi connectivity index (χ3v) is 8.03. The van der Waals surface area contributed by atoms with E-state index >= 15 is 4.39 Å². The summed E-state index contributed by atoms with van der Waals surface area (Å²) < 4.78 is 22.4. The van der Waals surface area contributed by atoms with Crippen molar-refractivity contribution in [2.75, 3.05) is 32.1 Å². The molecule has 170 valence electrons. The first-order valence-corrected chi connectivity index (χ1v) is 11.6. The monoisotopic (exact) mass is 468 g/mol. The van der Waals surface area contributed by atoms with Crippen LogP contribution in [-0.4, -0.2) is 48.9 Å². The molecule has 1 aliphatic carbocycles. The van der Waals surface area contributed by atoms with E-state index in [1.807, 2.05) is 7.05 Å². The number of hydrogen-bond donors (Lipinski definition) is 2. The van der Waals surface area contributed by atoms with E-state index in [9.17, 15) is 9.59 Å². The van der Waals surface area contributed by atoms with Crippen LogP contribution in [0.2, 0.25) is 0 Å². The maximum atomic E-state index is 15.8. The zero-order valence-corrected chi connectivity index (χ0v) is 18.8. The summed E-state index contributed by atoms with van der Waals surface area (Å²) in [5.41, 5.74) is 1.07. The van der Waals surface area contributed by atoms with Gasteiger partial charge in [0.25, 0.3) is 0 Å². The van der Waals surface area contributed by atoms with Gasteiger partial charge in [0.2, 0.25) is 11.2 Å². The molecule has 1 saturated heterocycles. The number of thiazole rings is 1. The van der Waals surface area contributed by atoms with Crippen LogP contribution < -0.4 is 25.7 Å². The number of aromatic nitrogens is 1. The number of pyridine rings is 1. The molecular formula is C23H21FN4O4S. The minimum atomic E-state index is -1.59. The molecule has 0 amide bonds. The predicted octanol–water partition coefficient (Wildman–Crippen LogP) is 2.87. The highest BCUT2D eigenvalue weighted by atomic mass is 32.1. The number of nitrogens with one attached hydrogen (secondary N) is 1. The number of ether oxygens (including phenoxy) is 1. The molecule has 0 bridgehead atoms. The number of fused-ring (bicyclic) bond motifs is 1. The summed E-state index contributed by atoms with van der Waals surface area (Å²) in [7, 11) is 3.58. The molecule has 2 N–H and O–H groups in total. The Morgan fingerprint density at radius 3 is 2.94 bits per heavy atom. The van der Waals surface area contributed by atoms with Crippen LogP contribution in [0.15, 0.2) is 33.4 Å². The van der Waals surface area contributed by atoms with Gasteiger partial charge in [-0.2, -0.15) is 0 Å². The van der Waals surface area contributed by atoms with Crippen molar-refractivity contribution in [2.24, 2.45) is 16.8 Å². The smallest absolute Gasteiger partial charge is 0.449 e. The van der Waals surface area contributed by atoms with Crippen LogP contribution in [0.1, 0.15) is 6.42 Å². The number of hydrogen-bond acceptors (Lipinski definition) is 7. The standard InChI is InChI=1S/C23H21FN4O4S/c1-25-14-5-3-4-10-7-27(8-12(10)14)19-13(24)6-11-18-16(19)17(26-2)15-9-33-22(28(15)18)21(20(11)29)32-23(30)31/h3,5-6,9-10,12,14,25H,4,7-8H2,1-2H3,(H,30,31). The fourth-order valence-electron chi connectivity index (χ4n) is 5.77. The maximum Gasteiger partial charge on any atom is 0.511 e. The molecule has 4 aromatic rings. The SMILES string of the molecule is CN=c1c2c(N3CC4CC=CC(NC)C4C3)c(F)cc3c(=O)c(OC(=O)O)c4scc1n4c32. The van der Waals surface area contributed by atoms with Crippen LogP contribution in [-0.2, 0) is 0 Å². The van der Waals surface area contributed by atoms with E-state index in [-0.39, 0.29) is 17.2 Å². The number of likely N-dealkylation sites (N-methyl/N-ethyl adjacent to an activating group) is 1. The molecule has 3 aromatic heterocycles. The summed E-state index contributed by atoms with van der Waals surface area (Å²) >= 11 is 1.21. The highest BCUT2D eigenvalue weighted by Gasteiger charge is 2.40. The lowest BCUT2D eigenvalue weighted by molar-refractivity contribution is 0.144. The van der Waals surface area contributed by atoms with E-state index in [0.29, 0.717) is 57.2 Å². The third kappa shape index (κ3) is 2.67. The Kier molecular flexibility index (Phi) is 4.40. The van der Waals surface area contributed by atoms with Crippen LogP contribution in [0, 0.1) is 17.7 Å². The highest BCUT2D eigenvalue weighted by molar-refractivity contribution is 7.16. The minimum Gasteiger partial charge on any atom is -0.449 e. The average molecular weight is 469 g/mol. The van der Waals surface area contributed by atoms with E-state index in [4.69, 9.17) is 9.84 Å². The summed E-state index contributed by atoms with van der Waals surface area (Å²) in [5, 5.41) is 15.6. The average Bonchev–Trinajstić information content (AvgIpc) is 3.48. The molecule has 10 heteroatoms. The van der Waals surface area contributed by atoms with Gasteiger partial charge in [0.1, 0.15) is 10.6 Å². The van der Waals surface area contributed by atoms with Crippen molar-refractivity contribution < 1.29 is 19.0 Å². The Morgan fingerprint density at radius 1 is 1.39 bits per heavy atom. The molecule has 4 heterocycles. The van der Waals surface area contributed by atoms with Gasteiger partial charge in [0.05, 0.1) is 32.9 Å². The molecule has 0 saturated carbocycles. The van der Waals surface area contributed by atoms with Crippen LogP contribution >= 0.6 is 11.3 Å². The molecule has 6 rings (SSSR count). The highest BCUT2D eigenvalue weighted by Crippen LogP contribution is 2.42. The van der Waals surface area contributed by atoms with Crippen molar-refractivity contribution in [3.8, 4) is 5.75 Å². The largest absolute Gasteiger partial charge is 0.511 e. The molecule has 33 heavy (non-hydrogen) atoms. The lowest BCUT2D eigenvalue weighted by Crippen LogP contribution is -2.38. The quantitative estimate of drug-likeness (QED) is 0.355. The first-order chi connectivity index (χ1) is 15.9. The van der Waals surface area contributed by atoms with Gasteiger partial charge in [-0.15, -0.1) is 11.3 Å². The summed E-state index contributed by atoms with van der Waals surface area (Å²) in [5.74, 6) is -0.0655. The Hall–Kier alpha value is -3.24. The number of carbonyl (C=O) groups is 1. The van der Waals surface area contributed by atoms with Gasteiger partial charge in [-0.05, 0) is 25.5 Å². The summed E-state index contributed by atoms with van der Waals surface area (Å²) in [6.07, 6.45) is 3.73. The molecule has 1 fully saturated rings. The van der Waals surface area contributed by atoms with Gasteiger partial charge in [-0.1, -0.05) is 12.2 Å². The molecule has 1 aliphatic heterocycles. The van der Waals surface area contributed by atoms with Crippen LogP contribution in [0.5, 0.6) is 5.75 Å². The van der Waals surface area contributed by atoms with Crippen molar-refractivity contribution >= 4 is 49.8 Å². The first-order valence-electron chi connectivity index (χ1n) is 10.7. The molecule has 3 atom stereocenters. The molecule has 8 nitrogen and oxygen atoms in total. The van der Waals surface area contributed by atoms with E-state index in [1.165, 1.54) is 17.4 Å². The number of halogens is 1. The van der Waals surface area contributed by atoms with Crippen LogP contribution in [0.3, 0.4) is 0 Å². The Morgan fingerprint density at radius 2 is 2.21 bits per heavy atom. The summed E-state index contributed by atoms with van der Waals surface area (Å²) in [6.45, 7) is 1.41. The fourth-order valence-corrected chi connectivity index (χ4v) is 6.75. The molecule has 2 aliphatic rings. The van der Waals surface area contributed by atoms with E-state index in [0.717, 1.165) is 6.42 Å². The third-order valence-electron chi connectivity index (χ3n) is 7.10. The Labute approximate surface area is 190 Å². The van der Waals surface area contributed by atoms with Crippen LogP contribution in [0.4, 0.5) is 14.9 Å². The van der Waals surface area contributed by atoms with Crippen molar-refractivity contribution in [1.29, 1.82) is 0 Å². The van der Waals surface area contributed by atoms with Crippen molar-refractivity contribution in [2.45, 2.75) is 12.5 Å².